The van der Waals surface area contributed by atoms with Gasteiger partial charge in [-0.2, -0.15) is 0 Å². The van der Waals surface area contributed by atoms with Crippen molar-refractivity contribution in [3.63, 3.8) is 0 Å². The average Bonchev–Trinajstić information content (AvgIpc) is 2.71. The van der Waals surface area contributed by atoms with Gasteiger partial charge >= 0.3 is 0 Å². The Kier molecular flexibility index (Phi) is 3.54. The molecule has 0 bridgehead atoms. The fourth-order valence-electron chi connectivity index (χ4n) is 2.76. The highest BCUT2D eigenvalue weighted by molar-refractivity contribution is 6.21. The molecule has 1 aromatic carbocycles. The standard InChI is InChI=1S/C15H19N3O2/c1-16-6-8-17(9-7-16)10-11-18-14(19)12-4-2-3-5-13(12)15(18)20/h2-5H,6-11H2,1H3. The molecule has 0 radical (unpaired) electrons. The number of carbonyl (C=O) groups is 2. The maximum Gasteiger partial charge on any atom is 0.261 e. The molecule has 1 saturated heterocycles. The van der Waals surface area contributed by atoms with E-state index < -0.39 is 0 Å². The Labute approximate surface area is 118 Å². The molecular formula is C15H19N3O2. The lowest BCUT2D eigenvalue weighted by atomic mass is 10.1. The molecule has 1 fully saturated rings. The summed E-state index contributed by atoms with van der Waals surface area (Å²) in [5.74, 6) is -0.306. The first-order valence-electron chi connectivity index (χ1n) is 7.03. The van der Waals surface area contributed by atoms with Gasteiger partial charge < -0.3 is 4.90 Å². The summed E-state index contributed by atoms with van der Waals surface area (Å²) < 4.78 is 0. The van der Waals surface area contributed by atoms with E-state index in [2.05, 4.69) is 16.8 Å². The summed E-state index contributed by atoms with van der Waals surface area (Å²) in [5, 5.41) is 0. The molecule has 0 N–H and O–H groups in total. The Hall–Kier alpha value is -1.72. The number of likely N-dealkylation sites (N-methyl/N-ethyl adjacent to an activating group) is 1. The second-order valence-corrected chi connectivity index (χ2v) is 5.45. The van der Waals surface area contributed by atoms with Crippen LogP contribution in [0.25, 0.3) is 0 Å². The van der Waals surface area contributed by atoms with Crippen LogP contribution in [0.5, 0.6) is 0 Å². The maximum absolute atomic E-state index is 12.2. The Morgan fingerprint density at radius 3 is 2.00 bits per heavy atom. The maximum atomic E-state index is 12.2. The lowest BCUT2D eigenvalue weighted by Crippen LogP contribution is -2.47. The number of benzene rings is 1. The topological polar surface area (TPSA) is 43.9 Å². The summed E-state index contributed by atoms with van der Waals surface area (Å²) in [5.41, 5.74) is 1.08. The van der Waals surface area contributed by atoms with Crippen LogP contribution in [0, 0.1) is 0 Å². The van der Waals surface area contributed by atoms with Gasteiger partial charge in [0.15, 0.2) is 0 Å². The number of nitrogens with zero attached hydrogens (tertiary/aromatic N) is 3. The largest absolute Gasteiger partial charge is 0.304 e. The number of hydrogen-bond donors (Lipinski definition) is 0. The lowest BCUT2D eigenvalue weighted by molar-refractivity contribution is 0.0621. The summed E-state index contributed by atoms with van der Waals surface area (Å²) in [4.78, 5) is 30.4. The zero-order valence-corrected chi connectivity index (χ0v) is 11.7. The van der Waals surface area contributed by atoms with Gasteiger partial charge in [-0.15, -0.1) is 0 Å². The van der Waals surface area contributed by atoms with E-state index in [9.17, 15) is 9.59 Å². The van der Waals surface area contributed by atoms with Crippen LogP contribution in [-0.4, -0.2) is 72.8 Å². The summed E-state index contributed by atoms with van der Waals surface area (Å²) >= 11 is 0. The summed E-state index contributed by atoms with van der Waals surface area (Å²) in [6.07, 6.45) is 0. The van der Waals surface area contributed by atoms with Gasteiger partial charge in [-0.25, -0.2) is 0 Å². The first-order chi connectivity index (χ1) is 9.66. The van der Waals surface area contributed by atoms with E-state index in [-0.39, 0.29) is 11.8 Å². The second-order valence-electron chi connectivity index (χ2n) is 5.45. The van der Waals surface area contributed by atoms with E-state index in [1.54, 1.807) is 24.3 Å². The third kappa shape index (κ3) is 2.34. The number of amides is 2. The van der Waals surface area contributed by atoms with E-state index in [1.165, 1.54) is 4.90 Å². The number of piperazine rings is 1. The van der Waals surface area contributed by atoms with E-state index in [0.29, 0.717) is 17.7 Å². The SMILES string of the molecule is CN1CCN(CCN2C(=O)c3ccccc3C2=O)CC1. The number of rotatable bonds is 3. The van der Waals surface area contributed by atoms with Crippen LogP contribution in [0.1, 0.15) is 20.7 Å². The fraction of sp³-hybridized carbons (Fsp3) is 0.467. The van der Waals surface area contributed by atoms with Crippen LogP contribution in [0.4, 0.5) is 0 Å². The van der Waals surface area contributed by atoms with Crippen LogP contribution < -0.4 is 0 Å². The molecule has 3 rings (SSSR count). The van der Waals surface area contributed by atoms with Crippen LogP contribution >= 0.6 is 0 Å². The molecule has 5 heteroatoms. The first kappa shape index (κ1) is 13.3. The third-order valence-electron chi connectivity index (χ3n) is 4.11. The van der Waals surface area contributed by atoms with E-state index in [4.69, 9.17) is 0 Å². The Bertz CT molecular complexity index is 501. The van der Waals surface area contributed by atoms with Crippen molar-refractivity contribution in [2.75, 3.05) is 46.3 Å². The predicted octanol–water partition coefficient (Wildman–Crippen LogP) is 0.530. The van der Waals surface area contributed by atoms with E-state index in [1.807, 2.05) is 0 Å². The van der Waals surface area contributed by atoms with Gasteiger partial charge in [-0.1, -0.05) is 12.1 Å². The van der Waals surface area contributed by atoms with Crippen molar-refractivity contribution in [2.24, 2.45) is 0 Å². The molecule has 0 spiro atoms. The molecule has 2 aliphatic heterocycles. The molecule has 0 aromatic heterocycles. The van der Waals surface area contributed by atoms with Crippen molar-refractivity contribution >= 4 is 11.8 Å². The molecular weight excluding hydrogens is 254 g/mol. The van der Waals surface area contributed by atoms with Gasteiger partial charge in [0.05, 0.1) is 11.1 Å². The normalized spacial score (nSPS) is 20.6. The zero-order valence-electron chi connectivity index (χ0n) is 11.7. The summed E-state index contributed by atoms with van der Waals surface area (Å²) in [7, 11) is 2.11. The highest BCUT2D eigenvalue weighted by atomic mass is 16.2. The number of fused-ring (bicyclic) bond motifs is 1. The fourth-order valence-corrected chi connectivity index (χ4v) is 2.76. The highest BCUT2D eigenvalue weighted by Gasteiger charge is 2.34. The minimum Gasteiger partial charge on any atom is -0.304 e. The van der Waals surface area contributed by atoms with Gasteiger partial charge in [-0.05, 0) is 19.2 Å². The van der Waals surface area contributed by atoms with Crippen molar-refractivity contribution < 1.29 is 9.59 Å². The highest BCUT2D eigenvalue weighted by Crippen LogP contribution is 2.22. The van der Waals surface area contributed by atoms with Crippen molar-refractivity contribution in [1.82, 2.24) is 14.7 Å². The Morgan fingerprint density at radius 1 is 0.900 bits per heavy atom. The third-order valence-corrected chi connectivity index (χ3v) is 4.11. The second kappa shape index (κ2) is 5.34. The zero-order chi connectivity index (χ0) is 14.1. The van der Waals surface area contributed by atoms with Crippen molar-refractivity contribution in [3.8, 4) is 0 Å². The van der Waals surface area contributed by atoms with Gasteiger partial charge in [0.25, 0.3) is 11.8 Å². The molecule has 2 heterocycles. The first-order valence-corrected chi connectivity index (χ1v) is 7.03. The van der Waals surface area contributed by atoms with Gasteiger partial charge in [0, 0.05) is 39.3 Å². The lowest BCUT2D eigenvalue weighted by Gasteiger charge is -2.33. The summed E-state index contributed by atoms with van der Waals surface area (Å²) in [6, 6.07) is 7.05. The molecule has 0 saturated carbocycles. The van der Waals surface area contributed by atoms with Crippen molar-refractivity contribution in [2.45, 2.75) is 0 Å². The van der Waals surface area contributed by atoms with Crippen LogP contribution in [0.2, 0.25) is 0 Å². The molecule has 1 aromatic rings. The number of imide groups is 1. The van der Waals surface area contributed by atoms with Gasteiger partial charge in [0.1, 0.15) is 0 Å². The van der Waals surface area contributed by atoms with Crippen LogP contribution in [0.15, 0.2) is 24.3 Å². The smallest absolute Gasteiger partial charge is 0.261 e. The van der Waals surface area contributed by atoms with Gasteiger partial charge in [-0.3, -0.25) is 19.4 Å². The molecule has 106 valence electrons. The molecule has 2 amide bonds. The minimum absolute atomic E-state index is 0.153. The number of carbonyl (C=O) groups excluding carboxylic acids is 2. The average molecular weight is 273 g/mol. The molecule has 5 nitrogen and oxygen atoms in total. The molecule has 0 aliphatic carbocycles. The quantitative estimate of drug-likeness (QED) is 0.754. The monoisotopic (exact) mass is 273 g/mol. The van der Waals surface area contributed by atoms with Crippen molar-refractivity contribution in [1.29, 1.82) is 0 Å². The van der Waals surface area contributed by atoms with Crippen LogP contribution in [0.3, 0.4) is 0 Å². The van der Waals surface area contributed by atoms with Gasteiger partial charge in [0.2, 0.25) is 0 Å². The molecule has 0 unspecified atom stereocenters. The summed E-state index contributed by atoms with van der Waals surface area (Å²) in [6.45, 7) is 5.33. The molecule has 20 heavy (non-hydrogen) atoms. The number of hydrogen-bond acceptors (Lipinski definition) is 4. The van der Waals surface area contributed by atoms with E-state index >= 15 is 0 Å². The van der Waals surface area contributed by atoms with Crippen LogP contribution in [-0.2, 0) is 0 Å². The van der Waals surface area contributed by atoms with Crippen molar-refractivity contribution in [3.05, 3.63) is 35.4 Å². The Morgan fingerprint density at radius 2 is 1.45 bits per heavy atom. The molecule has 0 atom stereocenters. The Balaban J connectivity index is 1.62. The molecule has 2 aliphatic rings. The predicted molar refractivity (Wildman–Crippen MR) is 75.7 cm³/mol. The van der Waals surface area contributed by atoms with E-state index in [0.717, 1.165) is 32.7 Å². The minimum atomic E-state index is -0.153.